The molecule has 1 heterocycles. The average Bonchev–Trinajstić information content (AvgIpc) is 2.98. The summed E-state index contributed by atoms with van der Waals surface area (Å²) in [5.74, 6) is -0.271. The molecule has 0 saturated carbocycles. The van der Waals surface area contributed by atoms with Gasteiger partial charge < -0.3 is 20.1 Å². The van der Waals surface area contributed by atoms with E-state index >= 15 is 0 Å². The molecule has 1 saturated heterocycles. The summed E-state index contributed by atoms with van der Waals surface area (Å²) < 4.78 is 5.07. The van der Waals surface area contributed by atoms with Crippen molar-refractivity contribution >= 4 is 17.5 Å². The second kappa shape index (κ2) is 7.64. The lowest BCUT2D eigenvalue weighted by Crippen LogP contribution is -2.42. The molecule has 1 atom stereocenters. The fraction of sp³-hybridized carbons (Fsp3) is 0.533. The predicted octanol–water partition coefficient (Wildman–Crippen LogP) is 1.89. The van der Waals surface area contributed by atoms with Crippen LogP contribution < -0.4 is 5.32 Å². The van der Waals surface area contributed by atoms with E-state index in [0.717, 1.165) is 19.4 Å². The highest BCUT2D eigenvalue weighted by molar-refractivity contribution is 6.31. The summed E-state index contributed by atoms with van der Waals surface area (Å²) in [5, 5.41) is 13.7. The van der Waals surface area contributed by atoms with Gasteiger partial charge >= 0.3 is 0 Å². The van der Waals surface area contributed by atoms with Crippen molar-refractivity contribution in [2.75, 3.05) is 33.4 Å². The van der Waals surface area contributed by atoms with Crippen LogP contribution in [0.1, 0.15) is 23.2 Å². The second-order valence-corrected chi connectivity index (χ2v) is 5.64. The van der Waals surface area contributed by atoms with Crippen molar-refractivity contribution in [3.63, 3.8) is 0 Å². The molecule has 0 bridgehead atoms. The smallest absolute Gasteiger partial charge is 0.257 e. The van der Waals surface area contributed by atoms with Crippen LogP contribution in [0.5, 0.6) is 5.75 Å². The van der Waals surface area contributed by atoms with E-state index in [9.17, 15) is 9.90 Å². The molecular weight excluding hydrogens is 292 g/mol. The van der Waals surface area contributed by atoms with Crippen molar-refractivity contribution in [2.24, 2.45) is 0 Å². The van der Waals surface area contributed by atoms with Crippen LogP contribution in [0.2, 0.25) is 5.02 Å². The number of carbonyl (C=O) groups excluding carboxylic acids is 1. The van der Waals surface area contributed by atoms with Gasteiger partial charge in [0, 0.05) is 31.3 Å². The fourth-order valence-electron chi connectivity index (χ4n) is 2.51. The van der Waals surface area contributed by atoms with Crippen LogP contribution in [0, 0.1) is 0 Å². The molecule has 0 aromatic heterocycles. The first-order valence-electron chi connectivity index (χ1n) is 7.12. The van der Waals surface area contributed by atoms with Crippen molar-refractivity contribution in [1.29, 1.82) is 0 Å². The molecule has 0 spiro atoms. The number of nitrogens with one attached hydrogen (secondary N) is 1. The van der Waals surface area contributed by atoms with Gasteiger partial charge in [-0.15, -0.1) is 0 Å². The number of nitrogens with zero attached hydrogens (tertiary/aromatic N) is 1. The largest absolute Gasteiger partial charge is 0.507 e. The van der Waals surface area contributed by atoms with Crippen LogP contribution in [-0.2, 0) is 4.74 Å². The van der Waals surface area contributed by atoms with E-state index in [-0.39, 0.29) is 17.2 Å². The van der Waals surface area contributed by atoms with Crippen LogP contribution >= 0.6 is 11.6 Å². The van der Waals surface area contributed by atoms with Crippen LogP contribution in [0.15, 0.2) is 18.2 Å². The Bertz CT molecular complexity index is 490. The Kier molecular flexibility index (Phi) is 5.85. The van der Waals surface area contributed by atoms with Crippen molar-refractivity contribution in [1.82, 2.24) is 10.2 Å². The molecule has 116 valence electrons. The molecule has 1 amide bonds. The van der Waals surface area contributed by atoms with Gasteiger partial charge in [0.1, 0.15) is 5.75 Å². The van der Waals surface area contributed by atoms with Crippen molar-refractivity contribution in [2.45, 2.75) is 18.9 Å². The first-order valence-corrected chi connectivity index (χ1v) is 7.49. The van der Waals surface area contributed by atoms with E-state index in [2.05, 4.69) is 5.32 Å². The number of carbonyl (C=O) groups is 1. The zero-order chi connectivity index (χ0) is 15.2. The minimum Gasteiger partial charge on any atom is -0.507 e. The third-order valence-corrected chi connectivity index (χ3v) is 3.88. The molecule has 1 aromatic rings. The minimum atomic E-state index is -0.222. The van der Waals surface area contributed by atoms with Gasteiger partial charge in [0.05, 0.1) is 12.2 Å². The van der Waals surface area contributed by atoms with Gasteiger partial charge in [-0.3, -0.25) is 4.79 Å². The van der Waals surface area contributed by atoms with Gasteiger partial charge in [0.15, 0.2) is 0 Å². The number of methoxy groups -OCH3 is 1. The van der Waals surface area contributed by atoms with Crippen molar-refractivity contribution < 1.29 is 14.6 Å². The summed E-state index contributed by atoms with van der Waals surface area (Å²) in [7, 11) is 1.60. The molecule has 1 aliphatic rings. The lowest BCUT2D eigenvalue weighted by Gasteiger charge is -2.26. The Morgan fingerprint density at radius 3 is 3.05 bits per heavy atom. The molecule has 5 nitrogen and oxygen atoms in total. The number of hydrogen-bond donors (Lipinski definition) is 2. The Balaban J connectivity index is 2.13. The first kappa shape index (κ1) is 16.1. The summed E-state index contributed by atoms with van der Waals surface area (Å²) in [6, 6.07) is 4.80. The number of phenols is 1. The normalized spacial score (nSPS) is 17.9. The van der Waals surface area contributed by atoms with Crippen LogP contribution in [-0.4, -0.2) is 55.3 Å². The number of amides is 1. The minimum absolute atomic E-state index is 0.0498. The van der Waals surface area contributed by atoms with Crippen LogP contribution in [0.3, 0.4) is 0 Å². The van der Waals surface area contributed by atoms with Crippen molar-refractivity contribution in [3.8, 4) is 5.75 Å². The zero-order valence-corrected chi connectivity index (χ0v) is 12.9. The highest BCUT2D eigenvalue weighted by atomic mass is 35.5. The lowest BCUT2D eigenvalue weighted by molar-refractivity contribution is 0.0676. The summed E-state index contributed by atoms with van der Waals surface area (Å²) in [6.07, 6.45) is 2.18. The Hall–Kier alpha value is -1.30. The van der Waals surface area contributed by atoms with E-state index in [4.69, 9.17) is 16.3 Å². The number of halogens is 1. The standard InChI is InChI=1S/C15H21ClN2O3/c1-21-8-7-18(10-12-3-2-6-17-12)15(20)13-9-11(16)4-5-14(13)19/h4-5,9,12,17,19H,2-3,6-8,10H2,1H3. The molecule has 6 heteroatoms. The van der Waals surface area contributed by atoms with E-state index in [1.807, 2.05) is 0 Å². The van der Waals surface area contributed by atoms with Crippen LogP contribution in [0.25, 0.3) is 0 Å². The first-order chi connectivity index (χ1) is 10.1. The third kappa shape index (κ3) is 4.33. The van der Waals surface area contributed by atoms with Crippen LogP contribution in [0.4, 0.5) is 0 Å². The highest BCUT2D eigenvalue weighted by Gasteiger charge is 2.24. The molecule has 21 heavy (non-hydrogen) atoms. The number of rotatable bonds is 6. The molecule has 1 fully saturated rings. The lowest BCUT2D eigenvalue weighted by atomic mass is 10.1. The Morgan fingerprint density at radius 2 is 2.38 bits per heavy atom. The summed E-state index contributed by atoms with van der Waals surface area (Å²) in [5.41, 5.74) is 0.233. The van der Waals surface area contributed by atoms with Gasteiger partial charge in [-0.25, -0.2) is 0 Å². The molecule has 0 radical (unpaired) electrons. The number of aromatic hydroxyl groups is 1. The maximum absolute atomic E-state index is 12.6. The average molecular weight is 313 g/mol. The second-order valence-electron chi connectivity index (χ2n) is 5.20. The van der Waals surface area contributed by atoms with Crippen molar-refractivity contribution in [3.05, 3.63) is 28.8 Å². The highest BCUT2D eigenvalue weighted by Crippen LogP contribution is 2.23. The number of hydrogen-bond acceptors (Lipinski definition) is 4. The molecule has 1 aromatic carbocycles. The van der Waals surface area contributed by atoms with Gasteiger partial charge in [-0.2, -0.15) is 0 Å². The third-order valence-electron chi connectivity index (χ3n) is 3.64. The summed E-state index contributed by atoms with van der Waals surface area (Å²) in [4.78, 5) is 14.3. The Labute approximate surface area is 129 Å². The number of ether oxygens (including phenoxy) is 1. The molecule has 1 aliphatic heterocycles. The zero-order valence-electron chi connectivity index (χ0n) is 12.1. The predicted molar refractivity (Wildman–Crippen MR) is 81.9 cm³/mol. The number of benzene rings is 1. The van der Waals surface area contributed by atoms with E-state index < -0.39 is 0 Å². The number of phenolic OH excluding ortho intramolecular Hbond substituents is 1. The van der Waals surface area contributed by atoms with Gasteiger partial charge in [-0.1, -0.05) is 11.6 Å². The quantitative estimate of drug-likeness (QED) is 0.842. The van der Waals surface area contributed by atoms with Gasteiger partial charge in [0.2, 0.25) is 0 Å². The maximum atomic E-state index is 12.6. The molecule has 2 rings (SSSR count). The van der Waals surface area contributed by atoms with Gasteiger partial charge in [0.25, 0.3) is 5.91 Å². The molecule has 2 N–H and O–H groups in total. The topological polar surface area (TPSA) is 61.8 Å². The summed E-state index contributed by atoms with van der Waals surface area (Å²) >= 11 is 5.92. The maximum Gasteiger partial charge on any atom is 0.257 e. The fourth-order valence-corrected chi connectivity index (χ4v) is 2.68. The SMILES string of the molecule is COCCN(CC1CCCN1)C(=O)c1cc(Cl)ccc1O. The van der Waals surface area contributed by atoms with E-state index in [1.54, 1.807) is 18.1 Å². The Morgan fingerprint density at radius 1 is 1.57 bits per heavy atom. The molecule has 0 aliphatic carbocycles. The monoisotopic (exact) mass is 312 g/mol. The van der Waals surface area contributed by atoms with E-state index in [0.29, 0.717) is 30.8 Å². The van der Waals surface area contributed by atoms with E-state index in [1.165, 1.54) is 12.1 Å². The molecular formula is C15H21ClN2O3. The van der Waals surface area contributed by atoms with Gasteiger partial charge in [-0.05, 0) is 37.6 Å². The summed E-state index contributed by atoms with van der Waals surface area (Å²) in [6.45, 7) is 2.53. The molecule has 1 unspecified atom stereocenters.